The number of hydrogen-bond acceptors (Lipinski definition) is 6. The fourth-order valence-corrected chi connectivity index (χ4v) is 4.38. The number of morpholine rings is 1. The summed E-state index contributed by atoms with van der Waals surface area (Å²) in [5.74, 6) is 1.71. The van der Waals surface area contributed by atoms with Gasteiger partial charge in [-0.1, -0.05) is 47.6 Å². The highest BCUT2D eigenvalue weighted by Gasteiger charge is 2.20. The number of ether oxygens (including phenoxy) is 1. The molecular weight excluding hydrogens is 426 g/mol. The zero-order chi connectivity index (χ0) is 22.9. The molecule has 1 fully saturated rings. The van der Waals surface area contributed by atoms with Gasteiger partial charge in [0.25, 0.3) is 0 Å². The molecule has 34 heavy (non-hydrogen) atoms. The Hall–Kier alpha value is -4.10. The molecule has 0 unspecified atom stereocenters. The quantitative estimate of drug-likeness (QED) is 0.353. The van der Waals surface area contributed by atoms with Crippen molar-refractivity contribution in [3.8, 4) is 22.6 Å². The molecule has 170 valence electrons. The molecule has 0 aliphatic carbocycles. The second-order valence-corrected chi connectivity index (χ2v) is 8.45. The number of nitrogens with zero attached hydrogens (tertiary/aromatic N) is 3. The van der Waals surface area contributed by atoms with Crippen molar-refractivity contribution in [2.24, 2.45) is 0 Å². The number of fused-ring (bicyclic) bond motifs is 1. The van der Waals surface area contributed by atoms with Crippen LogP contribution in [0.2, 0.25) is 0 Å². The number of aromatic amines is 1. The largest absolute Gasteiger partial charge is 0.378 e. The van der Waals surface area contributed by atoms with Gasteiger partial charge < -0.3 is 24.5 Å². The SMILES string of the molecule is Cc1ccc(Nc2cccc3c(N4CCOCC4)noc23)cc1-c1ncc(-c2ccccc2)[nH]1. The molecule has 2 aromatic heterocycles. The van der Waals surface area contributed by atoms with Gasteiger partial charge in [-0.2, -0.15) is 0 Å². The van der Waals surface area contributed by atoms with Crippen molar-refractivity contribution in [2.75, 3.05) is 36.5 Å². The molecule has 1 aliphatic rings. The van der Waals surface area contributed by atoms with Crippen molar-refractivity contribution < 1.29 is 9.26 Å². The van der Waals surface area contributed by atoms with Gasteiger partial charge in [0.05, 0.1) is 36.2 Å². The van der Waals surface area contributed by atoms with Crippen LogP contribution in [0.3, 0.4) is 0 Å². The molecule has 0 bridgehead atoms. The summed E-state index contributed by atoms with van der Waals surface area (Å²) < 4.78 is 11.3. The van der Waals surface area contributed by atoms with Crippen molar-refractivity contribution in [3.05, 3.63) is 78.5 Å². The van der Waals surface area contributed by atoms with Gasteiger partial charge in [0, 0.05) is 24.3 Å². The minimum Gasteiger partial charge on any atom is -0.378 e. The lowest BCUT2D eigenvalue weighted by Crippen LogP contribution is -2.36. The number of aromatic nitrogens is 3. The van der Waals surface area contributed by atoms with E-state index >= 15 is 0 Å². The molecule has 1 saturated heterocycles. The lowest BCUT2D eigenvalue weighted by atomic mass is 10.1. The van der Waals surface area contributed by atoms with Crippen LogP contribution in [0.15, 0.2) is 77.4 Å². The number of benzene rings is 3. The van der Waals surface area contributed by atoms with E-state index in [0.717, 1.165) is 69.5 Å². The fourth-order valence-electron chi connectivity index (χ4n) is 4.38. The zero-order valence-electron chi connectivity index (χ0n) is 18.9. The molecule has 5 aromatic rings. The molecule has 2 N–H and O–H groups in total. The number of anilines is 3. The molecule has 7 heteroatoms. The van der Waals surface area contributed by atoms with Crippen molar-refractivity contribution >= 4 is 28.2 Å². The average Bonchev–Trinajstić information content (AvgIpc) is 3.55. The molecule has 0 saturated carbocycles. The number of para-hydroxylation sites is 1. The molecular formula is C27H25N5O2. The Balaban J connectivity index is 1.31. The molecule has 0 spiro atoms. The standard InChI is InChI=1S/C27H25N5O2/c1-18-10-11-20(16-22(18)26-28-17-24(30-26)19-6-3-2-4-7-19)29-23-9-5-8-21-25(23)34-31-27(21)32-12-14-33-15-13-32/h2-11,16-17,29H,12-15H2,1H3,(H,28,30). The monoisotopic (exact) mass is 451 g/mol. The molecule has 0 amide bonds. The number of aryl methyl sites for hydroxylation is 1. The first-order valence-electron chi connectivity index (χ1n) is 11.5. The smallest absolute Gasteiger partial charge is 0.192 e. The number of hydrogen-bond donors (Lipinski definition) is 2. The van der Waals surface area contributed by atoms with Crippen molar-refractivity contribution in [1.82, 2.24) is 15.1 Å². The second-order valence-electron chi connectivity index (χ2n) is 8.45. The predicted octanol–water partition coefficient (Wildman–Crippen LogP) is 5.77. The summed E-state index contributed by atoms with van der Waals surface area (Å²) >= 11 is 0. The lowest BCUT2D eigenvalue weighted by molar-refractivity contribution is 0.122. The van der Waals surface area contributed by atoms with Gasteiger partial charge in [0.2, 0.25) is 0 Å². The van der Waals surface area contributed by atoms with E-state index in [9.17, 15) is 0 Å². The summed E-state index contributed by atoms with van der Waals surface area (Å²) in [5.41, 5.74) is 6.88. The van der Waals surface area contributed by atoms with Gasteiger partial charge in [-0.25, -0.2) is 4.98 Å². The van der Waals surface area contributed by atoms with Crippen LogP contribution in [0.25, 0.3) is 33.6 Å². The highest BCUT2D eigenvalue weighted by atomic mass is 16.5. The maximum absolute atomic E-state index is 5.78. The van der Waals surface area contributed by atoms with Crippen LogP contribution >= 0.6 is 0 Å². The van der Waals surface area contributed by atoms with E-state index in [1.807, 2.05) is 36.5 Å². The Morgan fingerprint density at radius 2 is 1.82 bits per heavy atom. The summed E-state index contributed by atoms with van der Waals surface area (Å²) in [6.45, 7) is 5.13. The normalized spacial score (nSPS) is 14.0. The first kappa shape index (κ1) is 20.5. The van der Waals surface area contributed by atoms with Gasteiger partial charge in [0.15, 0.2) is 11.4 Å². The average molecular weight is 452 g/mol. The Labute approximate surface area is 197 Å². The molecule has 1 aliphatic heterocycles. The van der Waals surface area contributed by atoms with E-state index < -0.39 is 0 Å². The molecule has 3 aromatic carbocycles. The predicted molar refractivity (Wildman–Crippen MR) is 135 cm³/mol. The second kappa shape index (κ2) is 8.68. The summed E-state index contributed by atoms with van der Waals surface area (Å²) in [6.07, 6.45) is 1.88. The van der Waals surface area contributed by atoms with Crippen LogP contribution in [-0.2, 0) is 4.74 Å². The van der Waals surface area contributed by atoms with Gasteiger partial charge in [-0.05, 0) is 42.3 Å². The van der Waals surface area contributed by atoms with E-state index in [4.69, 9.17) is 9.26 Å². The maximum atomic E-state index is 5.78. The molecule has 6 rings (SSSR count). The van der Waals surface area contributed by atoms with E-state index in [2.05, 4.69) is 68.7 Å². The number of H-pyrrole nitrogens is 1. The molecule has 0 atom stereocenters. The van der Waals surface area contributed by atoms with E-state index in [1.54, 1.807) is 0 Å². The first-order valence-corrected chi connectivity index (χ1v) is 11.5. The molecule has 3 heterocycles. The highest BCUT2D eigenvalue weighted by Crippen LogP contribution is 2.34. The topological polar surface area (TPSA) is 79.2 Å². The third-order valence-corrected chi connectivity index (χ3v) is 6.22. The first-order chi connectivity index (χ1) is 16.8. The summed E-state index contributed by atoms with van der Waals surface area (Å²) in [4.78, 5) is 10.3. The number of imidazole rings is 1. The van der Waals surface area contributed by atoms with Crippen LogP contribution in [-0.4, -0.2) is 41.4 Å². The van der Waals surface area contributed by atoms with Gasteiger partial charge in [-0.3, -0.25) is 0 Å². The highest BCUT2D eigenvalue weighted by molar-refractivity contribution is 5.97. The van der Waals surface area contributed by atoms with E-state index in [1.165, 1.54) is 0 Å². The van der Waals surface area contributed by atoms with Crippen molar-refractivity contribution in [3.63, 3.8) is 0 Å². The molecule has 7 nitrogen and oxygen atoms in total. The Kier molecular flexibility index (Phi) is 5.24. The van der Waals surface area contributed by atoms with E-state index in [0.29, 0.717) is 13.2 Å². The van der Waals surface area contributed by atoms with Crippen molar-refractivity contribution in [2.45, 2.75) is 6.92 Å². The van der Waals surface area contributed by atoms with Crippen LogP contribution in [0.5, 0.6) is 0 Å². The summed E-state index contributed by atoms with van der Waals surface area (Å²) in [5, 5.41) is 8.89. The van der Waals surface area contributed by atoms with Crippen LogP contribution in [0.1, 0.15) is 5.56 Å². The Bertz CT molecular complexity index is 1430. The van der Waals surface area contributed by atoms with Crippen LogP contribution in [0.4, 0.5) is 17.2 Å². The zero-order valence-corrected chi connectivity index (χ0v) is 18.9. The molecule has 0 radical (unpaired) electrons. The minimum absolute atomic E-state index is 0.706. The maximum Gasteiger partial charge on any atom is 0.192 e. The van der Waals surface area contributed by atoms with Gasteiger partial charge in [-0.15, -0.1) is 0 Å². The van der Waals surface area contributed by atoms with Crippen LogP contribution in [0, 0.1) is 6.92 Å². The third-order valence-electron chi connectivity index (χ3n) is 6.22. The van der Waals surface area contributed by atoms with E-state index in [-0.39, 0.29) is 0 Å². The summed E-state index contributed by atoms with van der Waals surface area (Å²) in [6, 6.07) is 22.6. The van der Waals surface area contributed by atoms with Crippen LogP contribution < -0.4 is 10.2 Å². The Morgan fingerprint density at radius 1 is 0.971 bits per heavy atom. The fraction of sp³-hybridized carbons (Fsp3) is 0.185. The van der Waals surface area contributed by atoms with Crippen molar-refractivity contribution in [1.29, 1.82) is 0 Å². The number of nitrogens with one attached hydrogen (secondary N) is 2. The minimum atomic E-state index is 0.706. The van der Waals surface area contributed by atoms with Gasteiger partial charge in [0.1, 0.15) is 5.82 Å². The third kappa shape index (κ3) is 3.80. The van der Waals surface area contributed by atoms with Gasteiger partial charge >= 0.3 is 0 Å². The summed E-state index contributed by atoms with van der Waals surface area (Å²) in [7, 11) is 0. The number of rotatable bonds is 5. The Morgan fingerprint density at radius 3 is 2.68 bits per heavy atom. The lowest BCUT2D eigenvalue weighted by Gasteiger charge is -2.26.